The molecule has 0 saturated heterocycles. The summed E-state index contributed by atoms with van der Waals surface area (Å²) in [5, 5.41) is 6.62. The van der Waals surface area contributed by atoms with Gasteiger partial charge >= 0.3 is 5.97 Å². The third kappa shape index (κ3) is 5.09. The minimum atomic E-state index is -0.885. The Bertz CT molecular complexity index is 486. The van der Waals surface area contributed by atoms with Crippen molar-refractivity contribution in [3.8, 4) is 0 Å². The SMILES string of the molecule is CCOC(=O)[C@H](NC(C)=O)/C(C)=N\Nc1ccccc1. The summed E-state index contributed by atoms with van der Waals surface area (Å²) in [5.41, 5.74) is 4.03. The lowest BCUT2D eigenvalue weighted by molar-refractivity contribution is -0.145. The third-order valence-corrected chi connectivity index (χ3v) is 2.42. The summed E-state index contributed by atoms with van der Waals surface area (Å²) in [7, 11) is 0. The molecular formula is C14H19N3O3. The maximum Gasteiger partial charge on any atom is 0.334 e. The number of carbonyl (C=O) groups is 2. The van der Waals surface area contributed by atoms with Crippen LogP contribution in [0, 0.1) is 0 Å². The van der Waals surface area contributed by atoms with Crippen molar-refractivity contribution in [3.05, 3.63) is 30.3 Å². The lowest BCUT2D eigenvalue weighted by Crippen LogP contribution is -2.46. The van der Waals surface area contributed by atoms with Crippen molar-refractivity contribution in [1.29, 1.82) is 0 Å². The highest BCUT2D eigenvalue weighted by molar-refractivity contribution is 6.07. The maximum atomic E-state index is 11.8. The molecule has 0 aliphatic heterocycles. The first-order chi connectivity index (χ1) is 9.54. The lowest BCUT2D eigenvalue weighted by Gasteiger charge is -2.16. The standard InChI is InChI=1S/C14H19N3O3/c1-4-20-14(19)13(15-11(3)18)10(2)16-17-12-8-6-5-7-9-12/h5-9,13,17H,4H2,1-3H3,(H,15,18)/b16-10-/t13-/m1/s1. The van der Waals surface area contributed by atoms with Crippen molar-refractivity contribution >= 4 is 23.3 Å². The summed E-state index contributed by atoms with van der Waals surface area (Å²) in [6.07, 6.45) is 0. The number of para-hydroxylation sites is 1. The van der Waals surface area contributed by atoms with Crippen molar-refractivity contribution in [1.82, 2.24) is 5.32 Å². The summed E-state index contributed by atoms with van der Waals surface area (Å²) >= 11 is 0. The van der Waals surface area contributed by atoms with Crippen LogP contribution in [0.4, 0.5) is 5.69 Å². The summed E-state index contributed by atoms with van der Waals surface area (Å²) < 4.78 is 4.92. The van der Waals surface area contributed by atoms with E-state index in [0.29, 0.717) is 5.71 Å². The molecule has 1 aromatic rings. The van der Waals surface area contributed by atoms with E-state index in [2.05, 4.69) is 15.8 Å². The molecule has 6 heteroatoms. The van der Waals surface area contributed by atoms with Gasteiger partial charge in [-0.2, -0.15) is 5.10 Å². The van der Waals surface area contributed by atoms with Gasteiger partial charge in [-0.05, 0) is 26.0 Å². The predicted octanol–water partition coefficient (Wildman–Crippen LogP) is 1.54. The molecule has 0 aromatic heterocycles. The highest BCUT2D eigenvalue weighted by Crippen LogP contribution is 2.05. The van der Waals surface area contributed by atoms with Crippen LogP contribution in [-0.2, 0) is 14.3 Å². The Labute approximate surface area is 118 Å². The minimum Gasteiger partial charge on any atom is -0.464 e. The topological polar surface area (TPSA) is 79.8 Å². The van der Waals surface area contributed by atoms with E-state index in [4.69, 9.17) is 4.74 Å². The Hall–Kier alpha value is -2.37. The molecule has 0 spiro atoms. The third-order valence-electron chi connectivity index (χ3n) is 2.42. The van der Waals surface area contributed by atoms with Crippen LogP contribution >= 0.6 is 0 Å². The number of rotatable bonds is 6. The fourth-order valence-electron chi connectivity index (χ4n) is 1.49. The minimum absolute atomic E-state index is 0.244. The molecule has 0 aliphatic rings. The van der Waals surface area contributed by atoms with Gasteiger partial charge in [0.1, 0.15) is 0 Å². The van der Waals surface area contributed by atoms with Crippen LogP contribution in [0.2, 0.25) is 0 Å². The number of hydrazone groups is 1. The van der Waals surface area contributed by atoms with Gasteiger partial charge in [0.25, 0.3) is 0 Å². The van der Waals surface area contributed by atoms with Gasteiger partial charge in [0.05, 0.1) is 18.0 Å². The second kappa shape index (κ2) is 7.93. The molecular weight excluding hydrogens is 258 g/mol. The zero-order valence-corrected chi connectivity index (χ0v) is 11.8. The van der Waals surface area contributed by atoms with Crippen molar-refractivity contribution in [2.75, 3.05) is 12.0 Å². The first-order valence-electron chi connectivity index (χ1n) is 6.33. The Morgan fingerprint density at radius 3 is 2.45 bits per heavy atom. The molecule has 1 amide bonds. The average Bonchev–Trinajstić information content (AvgIpc) is 2.43. The first-order valence-corrected chi connectivity index (χ1v) is 6.33. The van der Waals surface area contributed by atoms with Gasteiger partial charge in [0, 0.05) is 6.92 Å². The molecule has 1 aromatic carbocycles. The van der Waals surface area contributed by atoms with Gasteiger partial charge in [0.2, 0.25) is 5.91 Å². The number of carbonyl (C=O) groups excluding carboxylic acids is 2. The summed E-state index contributed by atoms with van der Waals surface area (Å²) in [6.45, 7) is 4.93. The molecule has 0 unspecified atom stereocenters. The van der Waals surface area contributed by atoms with E-state index in [1.807, 2.05) is 30.3 Å². The quantitative estimate of drug-likeness (QED) is 0.469. The van der Waals surface area contributed by atoms with E-state index < -0.39 is 12.0 Å². The number of hydrogen-bond donors (Lipinski definition) is 2. The zero-order chi connectivity index (χ0) is 15.0. The fraction of sp³-hybridized carbons (Fsp3) is 0.357. The molecule has 20 heavy (non-hydrogen) atoms. The molecule has 0 radical (unpaired) electrons. The van der Waals surface area contributed by atoms with Crippen molar-refractivity contribution in [2.24, 2.45) is 5.10 Å². The highest BCUT2D eigenvalue weighted by atomic mass is 16.5. The van der Waals surface area contributed by atoms with Gasteiger partial charge in [-0.25, -0.2) is 4.79 Å². The van der Waals surface area contributed by atoms with Crippen molar-refractivity contribution < 1.29 is 14.3 Å². The number of hydrogen-bond acceptors (Lipinski definition) is 5. The van der Waals surface area contributed by atoms with Gasteiger partial charge in [0.15, 0.2) is 6.04 Å². The molecule has 0 saturated carbocycles. The van der Waals surface area contributed by atoms with Gasteiger partial charge < -0.3 is 10.1 Å². The lowest BCUT2D eigenvalue weighted by atomic mass is 10.2. The highest BCUT2D eigenvalue weighted by Gasteiger charge is 2.23. The molecule has 2 N–H and O–H groups in total. The van der Waals surface area contributed by atoms with E-state index in [9.17, 15) is 9.59 Å². The van der Waals surface area contributed by atoms with Crippen LogP contribution in [0.5, 0.6) is 0 Å². The largest absolute Gasteiger partial charge is 0.464 e. The fourth-order valence-corrected chi connectivity index (χ4v) is 1.49. The Morgan fingerprint density at radius 2 is 1.90 bits per heavy atom. The molecule has 0 fully saturated rings. The molecule has 0 heterocycles. The van der Waals surface area contributed by atoms with E-state index in [0.717, 1.165) is 5.69 Å². The molecule has 108 valence electrons. The Kier molecular flexibility index (Phi) is 6.22. The number of nitrogens with one attached hydrogen (secondary N) is 2. The number of amides is 1. The first kappa shape index (κ1) is 15.7. The van der Waals surface area contributed by atoms with Gasteiger partial charge in [-0.3, -0.25) is 10.2 Å². The molecule has 0 aliphatic carbocycles. The van der Waals surface area contributed by atoms with Crippen molar-refractivity contribution in [2.45, 2.75) is 26.8 Å². The smallest absolute Gasteiger partial charge is 0.334 e. The molecule has 0 bridgehead atoms. The van der Waals surface area contributed by atoms with Crippen LogP contribution in [0.3, 0.4) is 0 Å². The van der Waals surface area contributed by atoms with Gasteiger partial charge in [-0.15, -0.1) is 0 Å². The zero-order valence-electron chi connectivity index (χ0n) is 11.8. The van der Waals surface area contributed by atoms with E-state index >= 15 is 0 Å². The van der Waals surface area contributed by atoms with Crippen LogP contribution in [0.25, 0.3) is 0 Å². The second-order valence-electron chi connectivity index (χ2n) is 4.12. The molecule has 1 atom stereocenters. The van der Waals surface area contributed by atoms with E-state index in [-0.39, 0.29) is 12.5 Å². The number of esters is 1. The van der Waals surface area contributed by atoms with Crippen molar-refractivity contribution in [3.63, 3.8) is 0 Å². The maximum absolute atomic E-state index is 11.8. The average molecular weight is 277 g/mol. The van der Waals surface area contributed by atoms with E-state index in [1.165, 1.54) is 6.92 Å². The van der Waals surface area contributed by atoms with Crippen LogP contribution in [0.1, 0.15) is 20.8 Å². The second-order valence-corrected chi connectivity index (χ2v) is 4.12. The summed E-state index contributed by atoms with van der Waals surface area (Å²) in [6, 6.07) is 8.42. The molecule has 6 nitrogen and oxygen atoms in total. The summed E-state index contributed by atoms with van der Waals surface area (Å²) in [5.74, 6) is -0.851. The Balaban J connectivity index is 2.78. The molecule has 1 rings (SSSR count). The van der Waals surface area contributed by atoms with E-state index in [1.54, 1.807) is 13.8 Å². The van der Waals surface area contributed by atoms with Gasteiger partial charge in [-0.1, -0.05) is 18.2 Å². The van der Waals surface area contributed by atoms with Crippen LogP contribution in [0.15, 0.2) is 35.4 Å². The van der Waals surface area contributed by atoms with Crippen LogP contribution in [-0.4, -0.2) is 30.2 Å². The predicted molar refractivity (Wildman–Crippen MR) is 77.4 cm³/mol. The van der Waals surface area contributed by atoms with Crippen LogP contribution < -0.4 is 10.7 Å². The number of nitrogens with zero attached hydrogens (tertiary/aromatic N) is 1. The number of benzene rings is 1. The summed E-state index contributed by atoms with van der Waals surface area (Å²) in [4.78, 5) is 22.9. The number of ether oxygens (including phenoxy) is 1. The Morgan fingerprint density at radius 1 is 1.25 bits per heavy atom. The normalized spacial score (nSPS) is 12.4. The number of anilines is 1. The monoisotopic (exact) mass is 277 g/mol.